The minimum absolute atomic E-state index is 0.0877. The second-order valence-corrected chi connectivity index (χ2v) is 6.82. The number of ether oxygens (including phenoxy) is 1. The number of benzene rings is 1. The summed E-state index contributed by atoms with van der Waals surface area (Å²) in [5, 5.41) is 0. The molecule has 0 bridgehead atoms. The third-order valence-electron chi connectivity index (χ3n) is 5.07. The molecule has 1 fully saturated rings. The van der Waals surface area contributed by atoms with Crippen LogP contribution in [-0.2, 0) is 21.7 Å². The third-order valence-corrected chi connectivity index (χ3v) is 5.07. The Morgan fingerprint density at radius 2 is 1.88 bits per heavy atom. The summed E-state index contributed by atoms with van der Waals surface area (Å²) in [5.41, 5.74) is 0.0749. The molecule has 0 radical (unpaired) electrons. The monoisotopic (exact) mass is 340 g/mol. The van der Waals surface area contributed by atoms with Gasteiger partial charge in [0.2, 0.25) is 0 Å². The van der Waals surface area contributed by atoms with E-state index in [2.05, 4.69) is 17.0 Å². The number of amides is 1. The van der Waals surface area contributed by atoms with Gasteiger partial charge in [-0.15, -0.1) is 0 Å². The molecule has 1 amide bonds. The first-order valence-corrected chi connectivity index (χ1v) is 9.25. The molecule has 1 heterocycles. The average Bonchev–Trinajstić information content (AvgIpc) is 3.38. The zero-order valence-electron chi connectivity index (χ0n) is 15.2. The second kappa shape index (κ2) is 7.87. The van der Waals surface area contributed by atoms with Gasteiger partial charge in [0.05, 0.1) is 6.61 Å². The van der Waals surface area contributed by atoms with Gasteiger partial charge in [0.25, 0.3) is 5.91 Å². The molecule has 0 aliphatic heterocycles. The summed E-state index contributed by atoms with van der Waals surface area (Å²) in [6.07, 6.45) is 7.82. The number of likely N-dealkylation sites (N-methyl/N-ethyl adjacent to an activating group) is 1. The van der Waals surface area contributed by atoms with E-state index in [1.165, 1.54) is 0 Å². The summed E-state index contributed by atoms with van der Waals surface area (Å²) >= 11 is 0. The van der Waals surface area contributed by atoms with E-state index in [1.807, 2.05) is 61.3 Å². The summed E-state index contributed by atoms with van der Waals surface area (Å²) in [6.45, 7) is 3.50. The number of rotatable bonds is 9. The Morgan fingerprint density at radius 1 is 1.20 bits per heavy atom. The predicted octanol–water partition coefficient (Wildman–Crippen LogP) is 3.82. The van der Waals surface area contributed by atoms with Crippen LogP contribution in [0.1, 0.15) is 38.2 Å². The van der Waals surface area contributed by atoms with Gasteiger partial charge in [-0.2, -0.15) is 0 Å². The van der Waals surface area contributed by atoms with Crippen LogP contribution in [0.3, 0.4) is 0 Å². The summed E-state index contributed by atoms with van der Waals surface area (Å²) in [4.78, 5) is 15.2. The zero-order chi connectivity index (χ0) is 17.7. The van der Waals surface area contributed by atoms with Gasteiger partial charge in [-0.3, -0.25) is 4.79 Å². The molecule has 134 valence electrons. The highest BCUT2D eigenvalue weighted by Gasteiger charge is 2.44. The van der Waals surface area contributed by atoms with Crippen molar-refractivity contribution in [1.29, 1.82) is 0 Å². The van der Waals surface area contributed by atoms with Gasteiger partial charge in [-0.05, 0) is 43.4 Å². The maximum atomic E-state index is 13.3. The van der Waals surface area contributed by atoms with E-state index in [1.54, 1.807) is 0 Å². The number of aromatic nitrogens is 1. The average molecular weight is 340 g/mol. The zero-order valence-corrected chi connectivity index (χ0v) is 15.2. The molecule has 1 aromatic carbocycles. The van der Waals surface area contributed by atoms with Crippen LogP contribution in [0.15, 0.2) is 54.9 Å². The Labute approximate surface area is 150 Å². The Kier molecular flexibility index (Phi) is 5.59. The van der Waals surface area contributed by atoms with E-state index in [9.17, 15) is 4.79 Å². The van der Waals surface area contributed by atoms with Gasteiger partial charge in [-0.1, -0.05) is 37.3 Å². The number of hydrogen-bond donors (Lipinski definition) is 0. The molecule has 0 N–H and O–H groups in total. The first kappa shape index (κ1) is 17.7. The topological polar surface area (TPSA) is 34.5 Å². The van der Waals surface area contributed by atoms with E-state index in [0.717, 1.165) is 31.4 Å². The lowest BCUT2D eigenvalue weighted by atomic mass is 9.89. The van der Waals surface area contributed by atoms with Crippen molar-refractivity contribution in [3.63, 3.8) is 0 Å². The maximum absolute atomic E-state index is 13.3. The third kappa shape index (κ3) is 3.96. The lowest BCUT2D eigenvalue weighted by Gasteiger charge is -2.36. The fourth-order valence-corrected chi connectivity index (χ4v) is 3.36. The molecule has 4 nitrogen and oxygen atoms in total. The highest BCUT2D eigenvalue weighted by molar-refractivity contribution is 5.87. The predicted molar refractivity (Wildman–Crippen MR) is 99.2 cm³/mol. The van der Waals surface area contributed by atoms with Crippen molar-refractivity contribution < 1.29 is 9.53 Å². The van der Waals surface area contributed by atoms with Crippen molar-refractivity contribution in [1.82, 2.24) is 9.47 Å². The van der Waals surface area contributed by atoms with E-state index < -0.39 is 5.60 Å². The maximum Gasteiger partial charge on any atom is 0.259 e. The Balaban J connectivity index is 1.74. The highest BCUT2D eigenvalue weighted by Crippen LogP contribution is 2.36. The first-order chi connectivity index (χ1) is 12.2. The van der Waals surface area contributed by atoms with Crippen LogP contribution in [0, 0.1) is 0 Å². The SMILES string of the molecule is CCC(OCCCn1cccc1)(C(=O)N(C)C1CC1)c1ccccc1. The van der Waals surface area contributed by atoms with E-state index >= 15 is 0 Å². The largest absolute Gasteiger partial charge is 0.360 e. The Bertz CT molecular complexity index is 664. The Morgan fingerprint density at radius 3 is 2.48 bits per heavy atom. The molecule has 1 atom stereocenters. The molecule has 25 heavy (non-hydrogen) atoms. The summed E-state index contributed by atoms with van der Waals surface area (Å²) in [6, 6.07) is 14.4. The van der Waals surface area contributed by atoms with Crippen LogP contribution in [-0.4, -0.2) is 35.1 Å². The molecular weight excluding hydrogens is 312 g/mol. The lowest BCUT2D eigenvalue weighted by molar-refractivity contribution is -0.161. The fourth-order valence-electron chi connectivity index (χ4n) is 3.36. The smallest absolute Gasteiger partial charge is 0.259 e. The molecule has 0 spiro atoms. The fraction of sp³-hybridized carbons (Fsp3) is 0.476. The first-order valence-electron chi connectivity index (χ1n) is 9.25. The quantitative estimate of drug-likeness (QED) is 0.650. The van der Waals surface area contributed by atoms with Gasteiger partial charge in [-0.25, -0.2) is 0 Å². The molecular formula is C21H28N2O2. The van der Waals surface area contributed by atoms with Gasteiger partial charge < -0.3 is 14.2 Å². The molecule has 2 aromatic rings. The van der Waals surface area contributed by atoms with Crippen molar-refractivity contribution in [2.45, 2.75) is 50.8 Å². The van der Waals surface area contributed by atoms with Crippen LogP contribution in [0.2, 0.25) is 0 Å². The number of nitrogens with zero attached hydrogens (tertiary/aromatic N) is 2. The normalized spacial score (nSPS) is 16.4. The van der Waals surface area contributed by atoms with Gasteiger partial charge in [0, 0.05) is 32.0 Å². The van der Waals surface area contributed by atoms with Crippen LogP contribution in [0.5, 0.6) is 0 Å². The number of carbonyl (C=O) groups is 1. The molecule has 1 unspecified atom stereocenters. The summed E-state index contributed by atoms with van der Waals surface area (Å²) < 4.78 is 8.46. The molecule has 3 rings (SSSR count). The van der Waals surface area contributed by atoms with Crippen LogP contribution in [0.25, 0.3) is 0 Å². The molecule has 0 saturated heterocycles. The van der Waals surface area contributed by atoms with Crippen molar-refractivity contribution in [2.75, 3.05) is 13.7 Å². The van der Waals surface area contributed by atoms with Crippen LogP contribution in [0.4, 0.5) is 0 Å². The second-order valence-electron chi connectivity index (χ2n) is 6.82. The molecule has 4 heteroatoms. The molecule has 1 aliphatic carbocycles. The van der Waals surface area contributed by atoms with E-state index in [-0.39, 0.29) is 5.91 Å². The van der Waals surface area contributed by atoms with Crippen LogP contribution >= 0.6 is 0 Å². The molecule has 1 saturated carbocycles. The number of hydrogen-bond acceptors (Lipinski definition) is 2. The van der Waals surface area contributed by atoms with E-state index in [0.29, 0.717) is 19.1 Å². The van der Waals surface area contributed by atoms with Crippen molar-refractivity contribution >= 4 is 5.91 Å². The number of carbonyl (C=O) groups excluding carboxylic acids is 1. The number of aryl methyl sites for hydroxylation is 1. The molecule has 1 aliphatic rings. The van der Waals surface area contributed by atoms with Crippen molar-refractivity contribution in [3.05, 3.63) is 60.4 Å². The van der Waals surface area contributed by atoms with Crippen LogP contribution < -0.4 is 0 Å². The lowest BCUT2D eigenvalue weighted by Crippen LogP contribution is -2.48. The van der Waals surface area contributed by atoms with Gasteiger partial charge in [0.1, 0.15) is 0 Å². The van der Waals surface area contributed by atoms with Crippen molar-refractivity contribution in [3.8, 4) is 0 Å². The van der Waals surface area contributed by atoms with Gasteiger partial charge in [0.15, 0.2) is 5.60 Å². The van der Waals surface area contributed by atoms with Gasteiger partial charge >= 0.3 is 0 Å². The molecule has 1 aromatic heterocycles. The minimum Gasteiger partial charge on any atom is -0.360 e. The van der Waals surface area contributed by atoms with E-state index in [4.69, 9.17) is 4.74 Å². The standard InChI is InChI=1S/C21H28N2O2/c1-3-21(18-10-5-4-6-11-18,20(24)22(2)19-12-13-19)25-17-9-16-23-14-7-8-15-23/h4-8,10-11,14-15,19H,3,9,12-13,16-17H2,1-2H3. The highest BCUT2D eigenvalue weighted by atomic mass is 16.5. The summed E-state index contributed by atoms with van der Waals surface area (Å²) in [7, 11) is 1.91. The minimum atomic E-state index is -0.880. The summed E-state index contributed by atoms with van der Waals surface area (Å²) in [5.74, 6) is 0.0877. The Hall–Kier alpha value is -2.07. The van der Waals surface area contributed by atoms with Crippen molar-refractivity contribution in [2.24, 2.45) is 0 Å².